The average Bonchev–Trinajstić information content (AvgIpc) is 2.19. The van der Waals surface area contributed by atoms with Gasteiger partial charge in [-0.25, -0.2) is 0 Å². The van der Waals surface area contributed by atoms with Crippen molar-refractivity contribution in [3.05, 3.63) is 22.7 Å². The molecule has 88 valence electrons. The van der Waals surface area contributed by atoms with Gasteiger partial charge in [-0.2, -0.15) is 0 Å². The molecule has 0 radical (unpaired) electrons. The maximum atomic E-state index is 6.31. The number of aryl methyl sites for hydroxylation is 1. The van der Waals surface area contributed by atoms with Crippen molar-refractivity contribution in [1.82, 2.24) is 0 Å². The van der Waals surface area contributed by atoms with Gasteiger partial charge in [-0.15, -0.1) is 0 Å². The van der Waals surface area contributed by atoms with E-state index in [1.54, 1.807) is 0 Å². The fourth-order valence-electron chi connectivity index (χ4n) is 2.49. The van der Waals surface area contributed by atoms with Crippen LogP contribution in [0.5, 0.6) is 0 Å². The van der Waals surface area contributed by atoms with Gasteiger partial charge < -0.3 is 10.6 Å². The molecule has 2 nitrogen and oxygen atoms in total. The summed E-state index contributed by atoms with van der Waals surface area (Å²) >= 11 is 6.31. The molecule has 1 saturated heterocycles. The van der Waals surface area contributed by atoms with Crippen molar-refractivity contribution >= 4 is 23.0 Å². The van der Waals surface area contributed by atoms with Crippen LogP contribution in [0, 0.1) is 6.92 Å². The molecule has 0 unspecified atom stereocenters. The molecule has 1 heterocycles. The molecule has 0 aromatic heterocycles. The van der Waals surface area contributed by atoms with Gasteiger partial charge in [0.05, 0.1) is 16.4 Å². The lowest BCUT2D eigenvalue weighted by atomic mass is 10.0. The molecule has 0 saturated carbocycles. The van der Waals surface area contributed by atoms with Gasteiger partial charge in [0.25, 0.3) is 0 Å². The average molecular weight is 239 g/mol. The van der Waals surface area contributed by atoms with Crippen molar-refractivity contribution < 1.29 is 0 Å². The maximum Gasteiger partial charge on any atom is 0.0791 e. The number of nitrogen functional groups attached to an aromatic ring is 1. The van der Waals surface area contributed by atoms with Crippen LogP contribution in [0.1, 0.15) is 31.7 Å². The van der Waals surface area contributed by atoms with E-state index in [1.807, 2.05) is 19.1 Å². The zero-order valence-electron chi connectivity index (χ0n) is 9.96. The molecular weight excluding hydrogens is 220 g/mol. The molecule has 2 N–H and O–H groups in total. The Balaban J connectivity index is 2.38. The molecule has 0 amide bonds. The van der Waals surface area contributed by atoms with Gasteiger partial charge in [-0.05, 0) is 50.8 Å². The summed E-state index contributed by atoms with van der Waals surface area (Å²) < 4.78 is 0. The first-order valence-corrected chi connectivity index (χ1v) is 6.29. The second kappa shape index (κ2) is 4.54. The second-order valence-electron chi connectivity index (χ2n) is 4.72. The number of nitrogens with two attached hydrogens (primary N) is 1. The van der Waals surface area contributed by atoms with Gasteiger partial charge in [0.15, 0.2) is 0 Å². The Morgan fingerprint density at radius 3 is 2.75 bits per heavy atom. The van der Waals surface area contributed by atoms with Crippen LogP contribution >= 0.6 is 11.6 Å². The van der Waals surface area contributed by atoms with Gasteiger partial charge in [0, 0.05) is 12.6 Å². The Kier molecular flexibility index (Phi) is 3.29. The Morgan fingerprint density at radius 1 is 1.38 bits per heavy atom. The van der Waals surface area contributed by atoms with E-state index in [0.29, 0.717) is 6.04 Å². The molecule has 1 aromatic rings. The van der Waals surface area contributed by atoms with E-state index in [0.717, 1.165) is 28.5 Å². The molecule has 1 fully saturated rings. The summed E-state index contributed by atoms with van der Waals surface area (Å²) in [5.41, 5.74) is 9.04. The summed E-state index contributed by atoms with van der Waals surface area (Å²) in [5.74, 6) is 0. The molecule has 3 heteroatoms. The first-order valence-electron chi connectivity index (χ1n) is 5.92. The topological polar surface area (TPSA) is 29.3 Å². The number of piperidine rings is 1. The van der Waals surface area contributed by atoms with Gasteiger partial charge in [-0.1, -0.05) is 11.6 Å². The van der Waals surface area contributed by atoms with Gasteiger partial charge in [0.1, 0.15) is 0 Å². The lowest BCUT2D eigenvalue weighted by Gasteiger charge is -2.36. The number of hydrogen-bond acceptors (Lipinski definition) is 2. The highest BCUT2D eigenvalue weighted by molar-refractivity contribution is 6.34. The molecule has 16 heavy (non-hydrogen) atoms. The van der Waals surface area contributed by atoms with Crippen molar-refractivity contribution in [3.8, 4) is 0 Å². The number of halogens is 1. The maximum absolute atomic E-state index is 6.31. The van der Waals surface area contributed by atoms with E-state index in [2.05, 4.69) is 11.8 Å². The van der Waals surface area contributed by atoms with E-state index in [4.69, 9.17) is 17.3 Å². The van der Waals surface area contributed by atoms with Gasteiger partial charge in [0.2, 0.25) is 0 Å². The summed E-state index contributed by atoms with van der Waals surface area (Å²) in [7, 11) is 0. The third-order valence-corrected chi connectivity index (χ3v) is 3.62. The largest absolute Gasteiger partial charge is 0.397 e. The summed E-state index contributed by atoms with van der Waals surface area (Å²) in [5, 5.41) is 0.784. The van der Waals surface area contributed by atoms with Crippen LogP contribution in [-0.2, 0) is 0 Å². The molecule has 0 spiro atoms. The first-order chi connectivity index (χ1) is 7.59. The number of nitrogens with zero attached hydrogens (tertiary/aromatic N) is 1. The lowest BCUT2D eigenvalue weighted by molar-refractivity contribution is 0.485. The summed E-state index contributed by atoms with van der Waals surface area (Å²) in [4.78, 5) is 2.35. The van der Waals surface area contributed by atoms with Crippen LogP contribution in [0.25, 0.3) is 0 Å². The third-order valence-electron chi connectivity index (χ3n) is 3.33. The quantitative estimate of drug-likeness (QED) is 0.758. The predicted octanol–water partition coefficient (Wildman–Crippen LogP) is 3.61. The van der Waals surface area contributed by atoms with E-state index in [-0.39, 0.29) is 0 Å². The van der Waals surface area contributed by atoms with Crippen LogP contribution in [-0.4, -0.2) is 12.6 Å². The fraction of sp³-hybridized carbons (Fsp3) is 0.538. The van der Waals surface area contributed by atoms with E-state index in [9.17, 15) is 0 Å². The predicted molar refractivity (Wildman–Crippen MR) is 71.3 cm³/mol. The van der Waals surface area contributed by atoms with Crippen molar-refractivity contribution in [2.45, 2.75) is 39.2 Å². The molecule has 0 bridgehead atoms. The smallest absolute Gasteiger partial charge is 0.0791 e. The van der Waals surface area contributed by atoms with Crippen LogP contribution in [0.2, 0.25) is 5.02 Å². The molecule has 1 atom stereocenters. The van der Waals surface area contributed by atoms with Crippen molar-refractivity contribution in [2.24, 2.45) is 0 Å². The normalized spacial score (nSPS) is 21.2. The minimum atomic E-state index is 0.538. The van der Waals surface area contributed by atoms with Crippen molar-refractivity contribution in [3.63, 3.8) is 0 Å². The molecular formula is C13H19ClN2. The molecule has 0 aliphatic carbocycles. The Hall–Kier alpha value is -0.890. The lowest BCUT2D eigenvalue weighted by Crippen LogP contribution is -2.38. The van der Waals surface area contributed by atoms with Crippen LogP contribution in [0.15, 0.2) is 12.1 Å². The van der Waals surface area contributed by atoms with E-state index < -0.39 is 0 Å². The first kappa shape index (κ1) is 11.6. The van der Waals surface area contributed by atoms with E-state index in [1.165, 1.54) is 19.3 Å². The van der Waals surface area contributed by atoms with Crippen molar-refractivity contribution in [2.75, 3.05) is 17.2 Å². The number of hydrogen-bond donors (Lipinski definition) is 1. The molecule has 1 aliphatic heterocycles. The molecule has 2 rings (SSSR count). The Morgan fingerprint density at radius 2 is 2.12 bits per heavy atom. The summed E-state index contributed by atoms with van der Waals surface area (Å²) in [6, 6.07) is 4.54. The van der Waals surface area contributed by atoms with Crippen molar-refractivity contribution in [1.29, 1.82) is 0 Å². The third kappa shape index (κ3) is 2.12. The Bertz CT molecular complexity index is 367. The number of rotatable bonds is 1. The zero-order chi connectivity index (χ0) is 11.7. The number of benzene rings is 1. The highest BCUT2D eigenvalue weighted by Gasteiger charge is 2.22. The second-order valence-corrected chi connectivity index (χ2v) is 5.13. The minimum Gasteiger partial charge on any atom is -0.397 e. The molecule has 1 aliphatic rings. The van der Waals surface area contributed by atoms with Crippen LogP contribution in [0.3, 0.4) is 0 Å². The van der Waals surface area contributed by atoms with Gasteiger partial charge >= 0.3 is 0 Å². The van der Waals surface area contributed by atoms with Gasteiger partial charge in [-0.3, -0.25) is 0 Å². The van der Waals surface area contributed by atoms with Crippen LogP contribution in [0.4, 0.5) is 11.4 Å². The monoisotopic (exact) mass is 238 g/mol. The molecule has 1 aromatic carbocycles. The zero-order valence-corrected chi connectivity index (χ0v) is 10.7. The Labute approximate surface area is 102 Å². The minimum absolute atomic E-state index is 0.538. The van der Waals surface area contributed by atoms with Crippen LogP contribution < -0.4 is 10.6 Å². The number of anilines is 2. The standard InChI is InChI=1S/C13H19ClN2/c1-9-7-11(14)13(12(15)8-9)16-6-4-3-5-10(16)2/h7-8,10H,3-6,15H2,1-2H3/t10-/m0/s1. The highest BCUT2D eigenvalue weighted by Crippen LogP contribution is 2.36. The van der Waals surface area contributed by atoms with E-state index >= 15 is 0 Å². The summed E-state index contributed by atoms with van der Waals surface area (Å²) in [6.07, 6.45) is 3.76. The summed E-state index contributed by atoms with van der Waals surface area (Å²) in [6.45, 7) is 5.33. The fourth-order valence-corrected chi connectivity index (χ4v) is 2.88. The SMILES string of the molecule is Cc1cc(N)c(N2CCCC[C@@H]2C)c(Cl)c1. The highest BCUT2D eigenvalue weighted by atomic mass is 35.5.